The van der Waals surface area contributed by atoms with E-state index in [4.69, 9.17) is 0 Å². The summed E-state index contributed by atoms with van der Waals surface area (Å²) in [5, 5.41) is 24.5. The molecule has 2 aromatic heterocycles. The first kappa shape index (κ1) is 22.4. The monoisotopic (exact) mass is 457 g/mol. The lowest BCUT2D eigenvalue weighted by Crippen LogP contribution is -2.27. The number of pyridine rings is 1. The molecule has 0 saturated heterocycles. The van der Waals surface area contributed by atoms with E-state index in [9.17, 15) is 19.8 Å². The maximum atomic E-state index is 12.4. The third-order valence-corrected chi connectivity index (χ3v) is 6.98. The Hall–Kier alpha value is -2.77. The molecular formula is C24H28ClN3O4. The van der Waals surface area contributed by atoms with Crippen LogP contribution in [0.15, 0.2) is 23.0 Å². The minimum Gasteiger partial charge on any atom is -0.506 e. The van der Waals surface area contributed by atoms with E-state index in [1.807, 2.05) is 0 Å². The number of aryl methyl sites for hydroxylation is 2. The van der Waals surface area contributed by atoms with Gasteiger partial charge in [-0.15, -0.1) is 12.4 Å². The molecule has 3 aromatic rings. The maximum absolute atomic E-state index is 12.4. The van der Waals surface area contributed by atoms with Gasteiger partial charge in [-0.05, 0) is 68.3 Å². The number of aromatic amines is 1. The Kier molecular flexibility index (Phi) is 6.05. The Morgan fingerprint density at radius 1 is 1.22 bits per heavy atom. The van der Waals surface area contributed by atoms with Crippen LogP contribution in [-0.2, 0) is 26.4 Å². The molecule has 0 spiro atoms. The number of aromatic carboxylic acids is 1. The number of benzene rings is 1. The number of hydrogen-bond donors (Lipinski definition) is 4. The highest BCUT2D eigenvalue weighted by Crippen LogP contribution is 2.38. The van der Waals surface area contributed by atoms with E-state index in [1.54, 1.807) is 0 Å². The Morgan fingerprint density at radius 3 is 2.69 bits per heavy atom. The SMILES string of the molecule is Cl.Cn1c(CNCC2CCC2)cc2cc3c(cc21)CCCc1c-3[nH]c(=O)c(C(=O)O)c1O. The number of aromatic nitrogens is 2. The quantitative estimate of drug-likeness (QED) is 0.467. The van der Waals surface area contributed by atoms with Gasteiger partial charge in [0.25, 0.3) is 5.56 Å². The van der Waals surface area contributed by atoms with Gasteiger partial charge in [-0.25, -0.2) is 4.79 Å². The number of carboxylic acids is 1. The van der Waals surface area contributed by atoms with Gasteiger partial charge >= 0.3 is 5.97 Å². The molecule has 7 nitrogen and oxygen atoms in total. The van der Waals surface area contributed by atoms with Crippen molar-refractivity contribution in [2.75, 3.05) is 6.54 Å². The fourth-order valence-corrected chi connectivity index (χ4v) is 4.95. The third kappa shape index (κ3) is 3.69. The first-order chi connectivity index (χ1) is 14.9. The maximum Gasteiger partial charge on any atom is 0.345 e. The van der Waals surface area contributed by atoms with Crippen molar-refractivity contribution in [1.82, 2.24) is 14.9 Å². The molecule has 32 heavy (non-hydrogen) atoms. The van der Waals surface area contributed by atoms with Gasteiger partial charge in [-0.1, -0.05) is 6.42 Å². The number of H-pyrrole nitrogens is 1. The first-order valence-corrected chi connectivity index (χ1v) is 11.0. The highest BCUT2D eigenvalue weighted by Gasteiger charge is 2.26. The van der Waals surface area contributed by atoms with Crippen LogP contribution in [0.5, 0.6) is 5.75 Å². The van der Waals surface area contributed by atoms with Gasteiger partial charge in [0.1, 0.15) is 5.75 Å². The Labute approximate surface area is 191 Å². The zero-order chi connectivity index (χ0) is 21.7. The van der Waals surface area contributed by atoms with Gasteiger partial charge in [0.2, 0.25) is 0 Å². The minimum atomic E-state index is -1.41. The van der Waals surface area contributed by atoms with Crippen molar-refractivity contribution in [3.63, 3.8) is 0 Å². The number of nitrogens with zero attached hydrogens (tertiary/aromatic N) is 1. The zero-order valence-corrected chi connectivity index (χ0v) is 18.8. The lowest BCUT2D eigenvalue weighted by Gasteiger charge is -2.25. The van der Waals surface area contributed by atoms with Crippen LogP contribution in [0.1, 0.15) is 52.9 Å². The molecule has 1 aromatic carbocycles. The van der Waals surface area contributed by atoms with Gasteiger partial charge in [-0.3, -0.25) is 4.79 Å². The predicted octanol–water partition coefficient (Wildman–Crippen LogP) is 3.74. The summed E-state index contributed by atoms with van der Waals surface area (Å²) >= 11 is 0. The van der Waals surface area contributed by atoms with Gasteiger partial charge in [0.15, 0.2) is 5.56 Å². The summed E-state index contributed by atoms with van der Waals surface area (Å²) in [4.78, 5) is 26.6. The van der Waals surface area contributed by atoms with E-state index in [0.717, 1.165) is 53.9 Å². The van der Waals surface area contributed by atoms with Crippen molar-refractivity contribution in [3.05, 3.63) is 50.9 Å². The van der Waals surface area contributed by atoms with Gasteiger partial charge in [-0.2, -0.15) is 0 Å². The molecule has 2 aliphatic rings. The Balaban J connectivity index is 0.00000245. The Bertz CT molecular complexity index is 1260. The van der Waals surface area contributed by atoms with Crippen LogP contribution in [0.3, 0.4) is 0 Å². The van der Waals surface area contributed by atoms with Crippen LogP contribution in [-0.4, -0.2) is 32.3 Å². The molecule has 2 heterocycles. The Morgan fingerprint density at radius 2 is 2.00 bits per heavy atom. The summed E-state index contributed by atoms with van der Waals surface area (Å²) < 4.78 is 2.21. The molecule has 1 saturated carbocycles. The lowest BCUT2D eigenvalue weighted by molar-refractivity contribution is 0.0691. The zero-order valence-electron chi connectivity index (χ0n) is 18.0. The van der Waals surface area contributed by atoms with Crippen molar-refractivity contribution in [1.29, 1.82) is 0 Å². The largest absolute Gasteiger partial charge is 0.506 e. The molecule has 0 unspecified atom stereocenters. The summed E-state index contributed by atoms with van der Waals surface area (Å²) in [6.45, 7) is 1.86. The van der Waals surface area contributed by atoms with Crippen molar-refractivity contribution in [2.24, 2.45) is 13.0 Å². The van der Waals surface area contributed by atoms with Crippen molar-refractivity contribution >= 4 is 29.3 Å². The summed E-state index contributed by atoms with van der Waals surface area (Å²) in [7, 11) is 2.08. The second-order valence-corrected chi connectivity index (χ2v) is 8.88. The van der Waals surface area contributed by atoms with Crippen LogP contribution in [0.25, 0.3) is 22.2 Å². The van der Waals surface area contributed by atoms with Crippen LogP contribution in [0.2, 0.25) is 0 Å². The topological polar surface area (TPSA) is 107 Å². The summed E-state index contributed by atoms with van der Waals surface area (Å²) in [6.07, 6.45) is 6.07. The fourth-order valence-electron chi connectivity index (χ4n) is 4.95. The van der Waals surface area contributed by atoms with E-state index in [1.165, 1.54) is 25.0 Å². The molecule has 2 aliphatic carbocycles. The van der Waals surface area contributed by atoms with E-state index >= 15 is 0 Å². The minimum absolute atomic E-state index is 0. The molecule has 5 rings (SSSR count). The molecular weight excluding hydrogens is 430 g/mol. The number of carboxylic acid groups (broad SMARTS) is 1. The molecule has 170 valence electrons. The lowest BCUT2D eigenvalue weighted by atomic mass is 9.85. The van der Waals surface area contributed by atoms with Crippen LogP contribution >= 0.6 is 12.4 Å². The van der Waals surface area contributed by atoms with E-state index in [2.05, 4.69) is 40.1 Å². The summed E-state index contributed by atoms with van der Waals surface area (Å²) in [6, 6.07) is 6.38. The van der Waals surface area contributed by atoms with Crippen LogP contribution in [0.4, 0.5) is 0 Å². The normalized spacial score (nSPS) is 15.4. The molecule has 8 heteroatoms. The number of nitrogens with one attached hydrogen (secondary N) is 2. The highest BCUT2D eigenvalue weighted by molar-refractivity contribution is 5.93. The number of aromatic hydroxyl groups is 1. The van der Waals surface area contributed by atoms with Crippen molar-refractivity contribution < 1.29 is 15.0 Å². The van der Waals surface area contributed by atoms with E-state index in [-0.39, 0.29) is 12.4 Å². The van der Waals surface area contributed by atoms with Crippen molar-refractivity contribution in [3.8, 4) is 17.0 Å². The van der Waals surface area contributed by atoms with Crippen molar-refractivity contribution in [2.45, 2.75) is 45.1 Å². The molecule has 0 bridgehead atoms. The number of hydrogen-bond acceptors (Lipinski definition) is 4. The highest BCUT2D eigenvalue weighted by atomic mass is 35.5. The third-order valence-electron chi connectivity index (χ3n) is 6.98. The second-order valence-electron chi connectivity index (χ2n) is 8.88. The number of carbonyl (C=O) groups is 1. The van der Waals surface area contributed by atoms with E-state index < -0.39 is 22.8 Å². The number of rotatable bonds is 5. The smallest absolute Gasteiger partial charge is 0.345 e. The van der Waals surface area contributed by atoms with E-state index in [0.29, 0.717) is 17.7 Å². The van der Waals surface area contributed by atoms with Gasteiger partial charge in [0.05, 0.1) is 5.69 Å². The number of fused-ring (bicyclic) bond motifs is 4. The van der Waals surface area contributed by atoms with Crippen LogP contribution in [0, 0.1) is 5.92 Å². The molecule has 1 fully saturated rings. The molecule has 0 atom stereocenters. The predicted molar refractivity (Wildman–Crippen MR) is 126 cm³/mol. The summed E-state index contributed by atoms with van der Waals surface area (Å²) in [5.74, 6) is -1.01. The molecule has 4 N–H and O–H groups in total. The fraction of sp³-hybridized carbons (Fsp3) is 0.417. The average molecular weight is 458 g/mol. The molecule has 0 aliphatic heterocycles. The first-order valence-electron chi connectivity index (χ1n) is 11.0. The number of halogens is 1. The van der Waals surface area contributed by atoms with Gasteiger partial charge in [0, 0.05) is 41.3 Å². The summed E-state index contributed by atoms with van der Waals surface area (Å²) in [5.41, 5.74) is 3.99. The van der Waals surface area contributed by atoms with Crippen LogP contribution < -0.4 is 10.9 Å². The second kappa shape index (κ2) is 8.64. The average Bonchev–Trinajstić information content (AvgIpc) is 2.87. The van der Waals surface area contributed by atoms with Gasteiger partial charge < -0.3 is 25.1 Å². The molecule has 0 amide bonds. The molecule has 0 radical (unpaired) electrons. The standard InChI is InChI=1S/C24H27N3O4.ClH/c1-27-16(12-25-11-13-4-2-5-13)8-15-9-18-14(10-19(15)27)6-3-7-17-21(18)26-23(29)20(22(17)28)24(30)31;/h8-10,13,25H,2-7,11-12H2,1H3,(H,30,31)(H2,26,28,29);1H.